The van der Waals surface area contributed by atoms with E-state index in [0.29, 0.717) is 25.2 Å². The molecule has 0 N–H and O–H groups in total. The summed E-state index contributed by atoms with van der Waals surface area (Å²) >= 11 is 6.04. The molecule has 31 heavy (non-hydrogen) atoms. The lowest BCUT2D eigenvalue weighted by Crippen LogP contribution is -2.56. The molecule has 1 saturated carbocycles. The number of sulfone groups is 1. The van der Waals surface area contributed by atoms with E-state index in [1.54, 1.807) is 12.7 Å². The van der Waals surface area contributed by atoms with Crippen LogP contribution in [0.25, 0.3) is 0 Å². The van der Waals surface area contributed by atoms with Crippen LogP contribution in [0.5, 0.6) is 0 Å². The van der Waals surface area contributed by atoms with Gasteiger partial charge in [0.15, 0.2) is 0 Å². The van der Waals surface area contributed by atoms with E-state index in [-0.39, 0.29) is 30.3 Å². The van der Waals surface area contributed by atoms with Gasteiger partial charge in [-0.25, -0.2) is 18.1 Å². The fourth-order valence-corrected chi connectivity index (χ4v) is 5.80. The van der Waals surface area contributed by atoms with Gasteiger partial charge in [0.1, 0.15) is 22.5 Å². The highest BCUT2D eigenvalue weighted by Gasteiger charge is 2.37. The van der Waals surface area contributed by atoms with Gasteiger partial charge in [0.25, 0.3) is 0 Å². The smallest absolute Gasteiger partial charge is 0.150 e. The Balaban J connectivity index is 0.00000272. The van der Waals surface area contributed by atoms with Crippen LogP contribution in [0.2, 0.25) is 5.02 Å². The first-order valence-electron chi connectivity index (χ1n) is 10.5. The largest absolute Gasteiger partial charge is 0.374 e. The van der Waals surface area contributed by atoms with Gasteiger partial charge in [-0.3, -0.25) is 4.90 Å². The van der Waals surface area contributed by atoms with Gasteiger partial charge < -0.3 is 4.74 Å². The van der Waals surface area contributed by atoms with E-state index in [2.05, 4.69) is 27.1 Å². The zero-order valence-electron chi connectivity index (χ0n) is 17.6. The molecule has 1 aliphatic carbocycles. The number of aromatic nitrogens is 3. The van der Waals surface area contributed by atoms with Gasteiger partial charge >= 0.3 is 0 Å². The summed E-state index contributed by atoms with van der Waals surface area (Å²) in [5.41, 5.74) is 1.22. The molecule has 2 aromatic rings. The topological polar surface area (TPSA) is 77.3 Å². The molecule has 4 rings (SSSR count). The lowest BCUT2D eigenvalue weighted by molar-refractivity contribution is -0.0765. The quantitative estimate of drug-likeness (QED) is 0.621. The average Bonchev–Trinajstić information content (AvgIpc) is 3.25. The van der Waals surface area contributed by atoms with E-state index in [1.807, 2.05) is 16.8 Å². The van der Waals surface area contributed by atoms with Crippen molar-refractivity contribution >= 4 is 33.8 Å². The van der Waals surface area contributed by atoms with Crippen molar-refractivity contribution in [2.45, 2.75) is 56.3 Å². The first kappa shape index (κ1) is 24.5. The molecule has 0 bridgehead atoms. The molecular weight excluding hydrogens is 459 g/mol. The second-order valence-electron chi connectivity index (χ2n) is 8.57. The Bertz CT molecular complexity index is 917. The Morgan fingerprint density at radius 1 is 1.13 bits per heavy atom. The molecule has 1 aliphatic heterocycles. The van der Waals surface area contributed by atoms with Crippen molar-refractivity contribution in [2.24, 2.45) is 0 Å². The first-order chi connectivity index (χ1) is 14.4. The summed E-state index contributed by atoms with van der Waals surface area (Å²) in [5, 5.41) is 5.03. The molecule has 2 aliphatic rings. The van der Waals surface area contributed by atoms with E-state index in [4.69, 9.17) is 16.3 Å². The highest BCUT2D eigenvalue weighted by atomic mass is 35.5. The van der Waals surface area contributed by atoms with E-state index in [1.165, 1.54) is 11.8 Å². The second-order valence-corrected chi connectivity index (χ2v) is 11.2. The summed E-state index contributed by atoms with van der Waals surface area (Å²) in [6, 6.07) is 9.01. The van der Waals surface area contributed by atoms with Crippen molar-refractivity contribution < 1.29 is 13.2 Å². The van der Waals surface area contributed by atoms with Gasteiger partial charge in [-0.15, -0.1) is 12.4 Å². The molecule has 0 amide bonds. The maximum Gasteiger partial charge on any atom is 0.150 e. The predicted octanol–water partition coefficient (Wildman–Crippen LogP) is 3.19. The van der Waals surface area contributed by atoms with E-state index < -0.39 is 9.84 Å². The fraction of sp³-hybridized carbons (Fsp3) is 0.619. The van der Waals surface area contributed by atoms with Crippen molar-refractivity contribution in [3.8, 4) is 0 Å². The Morgan fingerprint density at radius 3 is 2.42 bits per heavy atom. The summed E-state index contributed by atoms with van der Waals surface area (Å²) in [6.45, 7) is 1.20. The van der Waals surface area contributed by atoms with Crippen molar-refractivity contribution in [2.75, 3.05) is 25.2 Å². The van der Waals surface area contributed by atoms with E-state index >= 15 is 0 Å². The number of hydrogen-bond donors (Lipinski definition) is 0. The minimum atomic E-state index is -3.08. The maximum absolute atomic E-state index is 11.8. The van der Waals surface area contributed by atoms with Crippen LogP contribution in [0.15, 0.2) is 36.9 Å². The number of rotatable bonds is 6. The Kier molecular flexibility index (Phi) is 8.37. The molecule has 2 fully saturated rings. The molecule has 2 atom stereocenters. The Labute approximate surface area is 195 Å². The lowest BCUT2D eigenvalue weighted by atomic mass is 9.88. The molecular formula is C21H30Cl2N4O3S. The summed E-state index contributed by atoms with van der Waals surface area (Å²) in [5.74, 6) is 0.0749. The molecule has 1 aromatic heterocycles. The minimum absolute atomic E-state index is 0. The molecule has 10 heteroatoms. The van der Waals surface area contributed by atoms with Crippen molar-refractivity contribution in [3.05, 3.63) is 47.5 Å². The molecule has 0 spiro atoms. The zero-order valence-corrected chi connectivity index (χ0v) is 20.0. The summed E-state index contributed by atoms with van der Waals surface area (Å²) < 4.78 is 31.6. The monoisotopic (exact) mass is 488 g/mol. The van der Waals surface area contributed by atoms with Gasteiger partial charge in [-0.05, 0) is 49.8 Å². The zero-order chi connectivity index (χ0) is 21.1. The summed E-state index contributed by atoms with van der Waals surface area (Å²) in [7, 11) is -3.08. The fourth-order valence-electron chi connectivity index (χ4n) is 4.79. The molecule has 1 saturated heterocycles. The van der Waals surface area contributed by atoms with Gasteiger partial charge in [-0.1, -0.05) is 23.7 Å². The molecule has 0 radical (unpaired) electrons. The summed E-state index contributed by atoms with van der Waals surface area (Å²) in [6.07, 6.45) is 9.49. The normalized spacial score (nSPS) is 27.5. The second kappa shape index (κ2) is 10.6. The third kappa shape index (κ3) is 6.65. The number of halogens is 2. The SMILES string of the molecule is CS(=O)(=O)C[C@H]1CN(C2CCC(n3cncn3)CC2)[C@@H](Cc2ccc(Cl)cc2)CO1.Cl. The predicted molar refractivity (Wildman–Crippen MR) is 124 cm³/mol. The molecule has 2 heterocycles. The van der Waals surface area contributed by atoms with Crippen LogP contribution in [0.3, 0.4) is 0 Å². The Morgan fingerprint density at radius 2 is 1.81 bits per heavy atom. The van der Waals surface area contributed by atoms with Crippen LogP contribution < -0.4 is 0 Å². The van der Waals surface area contributed by atoms with Gasteiger partial charge in [0, 0.05) is 29.9 Å². The van der Waals surface area contributed by atoms with Crippen LogP contribution >= 0.6 is 24.0 Å². The van der Waals surface area contributed by atoms with Crippen molar-refractivity contribution in [1.82, 2.24) is 19.7 Å². The number of ether oxygens (including phenoxy) is 1. The Hall–Kier alpha value is -1.19. The third-order valence-corrected chi connectivity index (χ3v) is 7.46. The van der Waals surface area contributed by atoms with Gasteiger partial charge in [0.05, 0.1) is 24.5 Å². The lowest BCUT2D eigenvalue weighted by Gasteiger charge is -2.46. The number of hydrogen-bond acceptors (Lipinski definition) is 6. The molecule has 172 valence electrons. The van der Waals surface area contributed by atoms with Crippen LogP contribution in [0, 0.1) is 0 Å². The summed E-state index contributed by atoms with van der Waals surface area (Å²) in [4.78, 5) is 6.58. The van der Waals surface area contributed by atoms with Crippen LogP contribution in [0.4, 0.5) is 0 Å². The molecule has 1 aromatic carbocycles. The van der Waals surface area contributed by atoms with Crippen molar-refractivity contribution in [1.29, 1.82) is 0 Å². The highest BCUT2D eigenvalue weighted by molar-refractivity contribution is 7.90. The number of nitrogens with zero attached hydrogens (tertiary/aromatic N) is 4. The highest BCUT2D eigenvalue weighted by Crippen LogP contribution is 2.33. The number of morpholine rings is 1. The standard InChI is InChI=1S/C21H29ClN4O3S.ClH/c1-30(27,28)13-21-11-25(18-6-8-19(9-7-18)26-15-23-14-24-26)20(12-29-21)10-16-2-4-17(22)5-3-16;/h2-5,14-15,18-21H,6-13H2,1H3;1H/t18?,19?,20-,21+;/m0./s1. The van der Waals surface area contributed by atoms with Gasteiger partial charge in [-0.2, -0.15) is 5.10 Å². The van der Waals surface area contributed by atoms with E-state index in [0.717, 1.165) is 37.1 Å². The van der Waals surface area contributed by atoms with Crippen molar-refractivity contribution in [3.63, 3.8) is 0 Å². The third-order valence-electron chi connectivity index (χ3n) is 6.23. The average molecular weight is 489 g/mol. The van der Waals surface area contributed by atoms with Crippen LogP contribution in [-0.4, -0.2) is 71.4 Å². The number of benzene rings is 1. The van der Waals surface area contributed by atoms with Gasteiger partial charge in [0.2, 0.25) is 0 Å². The molecule has 0 unspecified atom stereocenters. The minimum Gasteiger partial charge on any atom is -0.374 e. The van der Waals surface area contributed by atoms with Crippen LogP contribution in [0.1, 0.15) is 37.3 Å². The maximum atomic E-state index is 11.8. The molecule has 7 nitrogen and oxygen atoms in total. The van der Waals surface area contributed by atoms with Crippen LogP contribution in [-0.2, 0) is 21.0 Å². The van der Waals surface area contributed by atoms with E-state index in [9.17, 15) is 8.42 Å². The first-order valence-corrected chi connectivity index (χ1v) is 12.9.